The van der Waals surface area contributed by atoms with E-state index in [2.05, 4.69) is 11.9 Å². The minimum atomic E-state index is -0.533. The van der Waals surface area contributed by atoms with Crippen LogP contribution >= 0.6 is 0 Å². The van der Waals surface area contributed by atoms with Gasteiger partial charge in [0.2, 0.25) is 0 Å². The van der Waals surface area contributed by atoms with Gasteiger partial charge in [-0.15, -0.1) is 6.58 Å². The summed E-state index contributed by atoms with van der Waals surface area (Å²) in [6.45, 7) is 3.51. The van der Waals surface area contributed by atoms with E-state index in [1.54, 1.807) is 18.2 Å². The number of esters is 1. The van der Waals surface area contributed by atoms with E-state index >= 15 is 0 Å². The number of hydrogen-bond donors (Lipinski definition) is 2. The number of nitrogens with one attached hydrogen (secondary N) is 1. The highest BCUT2D eigenvalue weighted by atomic mass is 16.5. The SMILES string of the molecule is C=CCNC(=O)COC(=O)c1c2c(nc3ccccc13)C(=Cc1ccc(O)cc1)CC2. The monoisotopic (exact) mass is 414 g/mol. The van der Waals surface area contributed by atoms with Crippen LogP contribution < -0.4 is 5.32 Å². The van der Waals surface area contributed by atoms with E-state index in [9.17, 15) is 14.7 Å². The first kappa shape index (κ1) is 20.3. The van der Waals surface area contributed by atoms with E-state index in [1.165, 1.54) is 0 Å². The lowest BCUT2D eigenvalue weighted by Crippen LogP contribution is -2.29. The van der Waals surface area contributed by atoms with Crippen molar-refractivity contribution in [1.82, 2.24) is 10.3 Å². The predicted octanol–water partition coefficient (Wildman–Crippen LogP) is 3.89. The Balaban J connectivity index is 1.71. The molecule has 0 atom stereocenters. The van der Waals surface area contributed by atoms with Crippen LogP contribution in [0.25, 0.3) is 22.6 Å². The number of allylic oxidation sites excluding steroid dienone is 1. The van der Waals surface area contributed by atoms with E-state index in [1.807, 2.05) is 42.5 Å². The van der Waals surface area contributed by atoms with Crippen molar-refractivity contribution in [3.63, 3.8) is 0 Å². The first-order valence-corrected chi connectivity index (χ1v) is 10.0. The lowest BCUT2D eigenvalue weighted by molar-refractivity contribution is -0.124. The molecule has 31 heavy (non-hydrogen) atoms. The Kier molecular flexibility index (Phi) is 5.80. The lowest BCUT2D eigenvalue weighted by atomic mass is 10.0. The van der Waals surface area contributed by atoms with Gasteiger partial charge in [-0.05, 0) is 53.8 Å². The van der Waals surface area contributed by atoms with Crippen LogP contribution in [0.1, 0.15) is 33.6 Å². The van der Waals surface area contributed by atoms with Gasteiger partial charge >= 0.3 is 5.97 Å². The number of aromatic hydroxyl groups is 1. The Morgan fingerprint density at radius 2 is 1.90 bits per heavy atom. The number of phenolic OH excluding ortho intramolecular Hbond substituents is 1. The summed E-state index contributed by atoms with van der Waals surface area (Å²) in [4.78, 5) is 29.7. The molecule has 2 N–H and O–H groups in total. The Bertz CT molecular complexity index is 1200. The van der Waals surface area contributed by atoms with Crippen molar-refractivity contribution < 1.29 is 19.4 Å². The van der Waals surface area contributed by atoms with Crippen LogP contribution in [0.5, 0.6) is 5.75 Å². The van der Waals surface area contributed by atoms with E-state index in [0.717, 1.165) is 28.8 Å². The topological polar surface area (TPSA) is 88.5 Å². The van der Waals surface area contributed by atoms with Crippen LogP contribution in [0.2, 0.25) is 0 Å². The molecule has 4 rings (SSSR count). The molecule has 156 valence electrons. The van der Waals surface area contributed by atoms with Gasteiger partial charge in [0.05, 0.1) is 16.8 Å². The molecule has 2 aromatic carbocycles. The average Bonchev–Trinajstić information content (AvgIpc) is 3.17. The molecule has 1 amide bonds. The van der Waals surface area contributed by atoms with Crippen LogP contribution in [0.4, 0.5) is 0 Å². The van der Waals surface area contributed by atoms with Gasteiger partial charge in [-0.3, -0.25) is 4.79 Å². The fourth-order valence-electron chi connectivity index (χ4n) is 3.72. The van der Waals surface area contributed by atoms with Crippen molar-refractivity contribution in [3.05, 3.63) is 83.6 Å². The maximum atomic E-state index is 13.0. The van der Waals surface area contributed by atoms with Gasteiger partial charge in [-0.25, -0.2) is 9.78 Å². The normalized spacial score (nSPS) is 13.7. The number of pyridine rings is 1. The molecule has 6 nitrogen and oxygen atoms in total. The minimum Gasteiger partial charge on any atom is -0.508 e. The van der Waals surface area contributed by atoms with Crippen LogP contribution in [0.15, 0.2) is 61.2 Å². The zero-order valence-corrected chi connectivity index (χ0v) is 16.9. The van der Waals surface area contributed by atoms with E-state index in [0.29, 0.717) is 29.4 Å². The van der Waals surface area contributed by atoms with Gasteiger partial charge in [-0.1, -0.05) is 36.4 Å². The molecule has 0 saturated carbocycles. The van der Waals surface area contributed by atoms with Crippen LogP contribution in [-0.2, 0) is 16.0 Å². The third kappa shape index (κ3) is 4.33. The van der Waals surface area contributed by atoms with E-state index in [-0.39, 0.29) is 18.3 Å². The number of ether oxygens (including phenoxy) is 1. The van der Waals surface area contributed by atoms with Crippen molar-refractivity contribution >= 4 is 34.4 Å². The molecule has 1 heterocycles. The summed E-state index contributed by atoms with van der Waals surface area (Å²) in [5.74, 6) is -0.703. The predicted molar refractivity (Wildman–Crippen MR) is 120 cm³/mol. The summed E-state index contributed by atoms with van der Waals surface area (Å²) in [5.41, 5.74) is 4.73. The summed E-state index contributed by atoms with van der Waals surface area (Å²) in [6, 6.07) is 14.4. The number of para-hydroxylation sites is 1. The lowest BCUT2D eigenvalue weighted by Gasteiger charge is -2.12. The summed E-state index contributed by atoms with van der Waals surface area (Å²) in [6.07, 6.45) is 4.97. The molecule has 0 saturated heterocycles. The van der Waals surface area contributed by atoms with Crippen LogP contribution in [0.3, 0.4) is 0 Å². The third-order valence-corrected chi connectivity index (χ3v) is 5.16. The first-order chi connectivity index (χ1) is 15.1. The number of carbonyl (C=O) groups excluding carboxylic acids is 2. The van der Waals surface area contributed by atoms with Crippen molar-refractivity contribution in [1.29, 1.82) is 0 Å². The molecular weight excluding hydrogens is 392 g/mol. The molecule has 0 spiro atoms. The number of carbonyl (C=O) groups is 2. The second-order valence-electron chi connectivity index (χ2n) is 7.26. The zero-order chi connectivity index (χ0) is 21.8. The van der Waals surface area contributed by atoms with Gasteiger partial charge in [0.1, 0.15) is 5.75 Å². The second-order valence-corrected chi connectivity index (χ2v) is 7.26. The highest BCUT2D eigenvalue weighted by Gasteiger charge is 2.27. The summed E-state index contributed by atoms with van der Waals surface area (Å²) < 4.78 is 5.33. The zero-order valence-electron chi connectivity index (χ0n) is 16.9. The van der Waals surface area contributed by atoms with E-state index in [4.69, 9.17) is 9.72 Å². The largest absolute Gasteiger partial charge is 0.508 e. The Labute approximate surface area is 179 Å². The fourth-order valence-corrected chi connectivity index (χ4v) is 3.72. The number of aromatic nitrogens is 1. The quantitative estimate of drug-likeness (QED) is 0.472. The molecule has 1 aromatic heterocycles. The summed E-state index contributed by atoms with van der Waals surface area (Å²) in [5, 5.41) is 12.8. The number of amides is 1. The van der Waals surface area contributed by atoms with Gasteiger partial charge in [0.15, 0.2) is 6.61 Å². The van der Waals surface area contributed by atoms with Crippen molar-refractivity contribution in [2.24, 2.45) is 0 Å². The molecule has 1 aliphatic rings. The number of fused-ring (bicyclic) bond motifs is 2. The van der Waals surface area contributed by atoms with Crippen molar-refractivity contribution in [2.75, 3.05) is 13.2 Å². The maximum Gasteiger partial charge on any atom is 0.339 e. The molecule has 0 fully saturated rings. The van der Waals surface area contributed by atoms with Gasteiger partial charge in [0.25, 0.3) is 5.91 Å². The van der Waals surface area contributed by atoms with Crippen LogP contribution in [-0.4, -0.2) is 35.1 Å². The number of rotatable bonds is 6. The molecule has 0 aliphatic heterocycles. The molecule has 0 unspecified atom stereocenters. The number of nitrogens with zero attached hydrogens (tertiary/aromatic N) is 1. The first-order valence-electron chi connectivity index (χ1n) is 10.0. The number of phenols is 1. The molecule has 0 radical (unpaired) electrons. The second kappa shape index (κ2) is 8.83. The number of benzene rings is 2. The van der Waals surface area contributed by atoms with Gasteiger partial charge in [0, 0.05) is 11.9 Å². The van der Waals surface area contributed by atoms with Crippen molar-refractivity contribution in [2.45, 2.75) is 12.8 Å². The summed E-state index contributed by atoms with van der Waals surface area (Å²) >= 11 is 0. The molecule has 1 aliphatic carbocycles. The minimum absolute atomic E-state index is 0.209. The Morgan fingerprint density at radius 3 is 2.68 bits per heavy atom. The number of hydrogen-bond acceptors (Lipinski definition) is 5. The fraction of sp³-hybridized carbons (Fsp3) is 0.160. The highest BCUT2D eigenvalue weighted by molar-refractivity contribution is 6.07. The molecule has 0 bridgehead atoms. The highest BCUT2D eigenvalue weighted by Crippen LogP contribution is 2.37. The van der Waals surface area contributed by atoms with E-state index < -0.39 is 5.97 Å². The molecule has 6 heteroatoms. The third-order valence-electron chi connectivity index (χ3n) is 5.16. The average molecular weight is 414 g/mol. The van der Waals surface area contributed by atoms with Crippen molar-refractivity contribution in [3.8, 4) is 5.75 Å². The van der Waals surface area contributed by atoms with Gasteiger partial charge < -0.3 is 15.2 Å². The Morgan fingerprint density at radius 1 is 1.13 bits per heavy atom. The summed E-state index contributed by atoms with van der Waals surface area (Å²) in [7, 11) is 0. The standard InChI is InChI=1S/C25H22N2O4/c1-2-13-26-22(29)15-31-25(30)23-19-5-3-4-6-21(19)27-24-17(9-12-20(23)24)14-16-7-10-18(28)11-8-16/h2-8,10-11,14,28H,1,9,12-13,15H2,(H,26,29). The smallest absolute Gasteiger partial charge is 0.339 e. The molecule has 3 aromatic rings. The van der Waals surface area contributed by atoms with Gasteiger partial charge in [-0.2, -0.15) is 0 Å². The Hall–Kier alpha value is -3.93. The van der Waals surface area contributed by atoms with Crippen LogP contribution in [0, 0.1) is 0 Å². The molecular formula is C25H22N2O4. The maximum absolute atomic E-state index is 13.0.